The molecule has 6 nitrogen and oxygen atoms in total. The minimum Gasteiger partial charge on any atom is -0.466 e. The zero-order valence-corrected chi connectivity index (χ0v) is 14.8. The van der Waals surface area contributed by atoms with Crippen LogP contribution in [0.25, 0.3) is 0 Å². The molecule has 0 spiro atoms. The maximum Gasteiger partial charge on any atom is 0.410 e. The molecule has 1 heterocycles. The van der Waals surface area contributed by atoms with Crippen LogP contribution in [0, 0.1) is 11.8 Å². The van der Waals surface area contributed by atoms with E-state index in [-0.39, 0.29) is 17.9 Å². The molecule has 24 heavy (non-hydrogen) atoms. The first-order valence-corrected chi connectivity index (χ1v) is 8.56. The number of amides is 1. The van der Waals surface area contributed by atoms with E-state index in [0.717, 1.165) is 25.7 Å². The highest BCUT2D eigenvalue weighted by Crippen LogP contribution is 2.41. The summed E-state index contributed by atoms with van der Waals surface area (Å²) in [7, 11) is 1.35. The van der Waals surface area contributed by atoms with E-state index in [2.05, 4.69) is 11.4 Å². The molecule has 2 aliphatic rings. The van der Waals surface area contributed by atoms with Crippen LogP contribution < -0.4 is 5.32 Å². The summed E-state index contributed by atoms with van der Waals surface area (Å²) in [6.45, 7) is 6.07. The average Bonchev–Trinajstić information content (AvgIpc) is 2.59. The Morgan fingerprint density at radius 3 is 2.71 bits per heavy atom. The van der Waals surface area contributed by atoms with Crippen LogP contribution in [-0.2, 0) is 19.0 Å². The van der Waals surface area contributed by atoms with Gasteiger partial charge in [0.25, 0.3) is 0 Å². The fourth-order valence-corrected chi connectivity index (χ4v) is 3.30. The fraction of sp³-hybridized carbons (Fsp3) is 0.667. The second-order valence-corrected chi connectivity index (χ2v) is 6.39. The van der Waals surface area contributed by atoms with E-state index in [0.29, 0.717) is 5.57 Å². The molecule has 0 aromatic heterocycles. The number of carbonyl (C=O) groups is 2. The number of hydrogen-bond donors (Lipinski definition) is 1. The third kappa shape index (κ3) is 4.10. The normalized spacial score (nSPS) is 25.8. The number of rotatable bonds is 5. The van der Waals surface area contributed by atoms with E-state index < -0.39 is 18.4 Å². The first-order chi connectivity index (χ1) is 11.5. The summed E-state index contributed by atoms with van der Waals surface area (Å²) in [6, 6.07) is 0.0889. The molecular weight excluding hydrogens is 310 g/mol. The van der Waals surface area contributed by atoms with E-state index in [9.17, 15) is 9.59 Å². The third-order valence-corrected chi connectivity index (χ3v) is 4.82. The summed E-state index contributed by atoms with van der Waals surface area (Å²) in [5, 5.41) is 2.85. The topological polar surface area (TPSA) is 73.9 Å². The monoisotopic (exact) mass is 337 g/mol. The Morgan fingerprint density at radius 1 is 1.38 bits per heavy atom. The summed E-state index contributed by atoms with van der Waals surface area (Å²) in [6.07, 6.45) is 5.46. The van der Waals surface area contributed by atoms with E-state index in [1.54, 1.807) is 0 Å². The standard InChI is InChI=1S/C18H27NO5/c1-5-12(6-2)19-18(21)24-17-14-9-11(3)7-8-13(14)15(10-23-17)16(20)22-4/h7,10,12-14,17H,5-6,8-9H2,1-4H3,(H,19,21). The molecular formula is C18H27NO5. The molecule has 1 N–H and O–H groups in total. The van der Waals surface area contributed by atoms with E-state index >= 15 is 0 Å². The lowest BCUT2D eigenvalue weighted by Gasteiger charge is -2.38. The van der Waals surface area contributed by atoms with Crippen molar-refractivity contribution in [2.75, 3.05) is 7.11 Å². The summed E-state index contributed by atoms with van der Waals surface area (Å²) >= 11 is 0. The predicted molar refractivity (Wildman–Crippen MR) is 88.9 cm³/mol. The largest absolute Gasteiger partial charge is 0.466 e. The van der Waals surface area contributed by atoms with Crippen LogP contribution in [0.5, 0.6) is 0 Å². The van der Waals surface area contributed by atoms with Crippen LogP contribution in [-0.4, -0.2) is 31.5 Å². The SMILES string of the molecule is CCC(CC)NC(=O)OC1OC=C(C(=O)OC)C2CC=C(C)CC12. The second-order valence-electron chi connectivity index (χ2n) is 6.39. The van der Waals surface area contributed by atoms with Crippen LogP contribution in [0.4, 0.5) is 4.79 Å². The van der Waals surface area contributed by atoms with Gasteiger partial charge in [0.15, 0.2) is 0 Å². The predicted octanol–water partition coefficient (Wildman–Crippen LogP) is 3.29. The summed E-state index contributed by atoms with van der Waals surface area (Å²) < 4.78 is 15.9. The fourth-order valence-electron chi connectivity index (χ4n) is 3.30. The quantitative estimate of drug-likeness (QED) is 0.615. The molecule has 2 rings (SSSR count). The first-order valence-electron chi connectivity index (χ1n) is 8.56. The van der Waals surface area contributed by atoms with Gasteiger partial charge in [-0.25, -0.2) is 9.59 Å². The van der Waals surface area contributed by atoms with Crippen LogP contribution in [0.15, 0.2) is 23.5 Å². The van der Waals surface area contributed by atoms with Crippen molar-refractivity contribution in [2.45, 2.75) is 58.8 Å². The van der Waals surface area contributed by atoms with Crippen molar-refractivity contribution in [2.24, 2.45) is 11.8 Å². The summed E-state index contributed by atoms with van der Waals surface area (Å²) in [5.41, 5.74) is 1.71. The average molecular weight is 337 g/mol. The molecule has 0 radical (unpaired) electrons. The molecule has 3 atom stereocenters. The van der Waals surface area contributed by atoms with Crippen molar-refractivity contribution >= 4 is 12.1 Å². The number of esters is 1. The van der Waals surface area contributed by atoms with Gasteiger partial charge in [-0.1, -0.05) is 25.5 Å². The molecule has 6 heteroatoms. The van der Waals surface area contributed by atoms with Crippen LogP contribution in [0.1, 0.15) is 46.5 Å². The number of methoxy groups -OCH3 is 1. The van der Waals surface area contributed by atoms with Gasteiger partial charge in [0.1, 0.15) is 0 Å². The number of nitrogens with one attached hydrogen (secondary N) is 1. The number of fused-ring (bicyclic) bond motifs is 1. The number of allylic oxidation sites excluding steroid dienone is 2. The zero-order valence-electron chi connectivity index (χ0n) is 14.8. The van der Waals surface area contributed by atoms with E-state index in [1.807, 2.05) is 20.8 Å². The highest BCUT2D eigenvalue weighted by molar-refractivity contribution is 5.89. The van der Waals surface area contributed by atoms with Gasteiger partial charge in [-0.15, -0.1) is 0 Å². The van der Waals surface area contributed by atoms with E-state index in [1.165, 1.54) is 18.9 Å². The maximum atomic E-state index is 12.1. The Hall–Kier alpha value is -1.98. The lowest BCUT2D eigenvalue weighted by atomic mass is 9.74. The van der Waals surface area contributed by atoms with Gasteiger partial charge in [0.05, 0.1) is 18.9 Å². The van der Waals surface area contributed by atoms with Gasteiger partial charge in [-0.3, -0.25) is 0 Å². The van der Waals surface area contributed by atoms with Crippen molar-refractivity contribution in [3.8, 4) is 0 Å². The molecule has 0 bridgehead atoms. The minimum absolute atomic E-state index is 0.0548. The van der Waals surface area contributed by atoms with Crippen molar-refractivity contribution < 1.29 is 23.8 Å². The Morgan fingerprint density at radius 2 is 2.08 bits per heavy atom. The first kappa shape index (κ1) is 18.4. The molecule has 1 aliphatic carbocycles. The van der Waals surface area contributed by atoms with Gasteiger partial charge in [0.2, 0.25) is 6.29 Å². The smallest absolute Gasteiger partial charge is 0.410 e. The van der Waals surface area contributed by atoms with Gasteiger partial charge in [-0.2, -0.15) is 0 Å². The highest BCUT2D eigenvalue weighted by Gasteiger charge is 2.42. The van der Waals surface area contributed by atoms with Gasteiger partial charge in [0, 0.05) is 17.9 Å². The molecule has 0 fully saturated rings. The van der Waals surface area contributed by atoms with E-state index in [4.69, 9.17) is 14.2 Å². The molecule has 0 aromatic rings. The maximum absolute atomic E-state index is 12.1. The number of hydrogen-bond acceptors (Lipinski definition) is 5. The second kappa shape index (κ2) is 8.22. The van der Waals surface area contributed by atoms with Gasteiger partial charge >= 0.3 is 12.1 Å². The van der Waals surface area contributed by atoms with Crippen molar-refractivity contribution in [3.05, 3.63) is 23.5 Å². The Balaban J connectivity index is 2.11. The van der Waals surface area contributed by atoms with Crippen molar-refractivity contribution in [1.29, 1.82) is 0 Å². The Bertz CT molecular complexity index is 536. The summed E-state index contributed by atoms with van der Waals surface area (Å²) in [4.78, 5) is 24.1. The minimum atomic E-state index is -0.693. The molecule has 0 saturated heterocycles. The molecule has 3 unspecified atom stereocenters. The van der Waals surface area contributed by atoms with Crippen LogP contribution in [0.2, 0.25) is 0 Å². The lowest BCUT2D eigenvalue weighted by Crippen LogP contribution is -2.44. The molecule has 1 amide bonds. The van der Waals surface area contributed by atoms with Crippen LogP contribution in [0.3, 0.4) is 0 Å². The van der Waals surface area contributed by atoms with Gasteiger partial charge < -0.3 is 19.5 Å². The molecule has 0 saturated carbocycles. The zero-order chi connectivity index (χ0) is 17.7. The third-order valence-electron chi connectivity index (χ3n) is 4.82. The number of carbonyl (C=O) groups excluding carboxylic acids is 2. The molecule has 134 valence electrons. The van der Waals surface area contributed by atoms with Gasteiger partial charge in [-0.05, 0) is 32.6 Å². The number of ether oxygens (including phenoxy) is 3. The lowest BCUT2D eigenvalue weighted by molar-refractivity contribution is -0.145. The highest BCUT2D eigenvalue weighted by atomic mass is 16.7. The number of alkyl carbamates (subject to hydrolysis) is 1. The van der Waals surface area contributed by atoms with Crippen molar-refractivity contribution in [3.63, 3.8) is 0 Å². The Kier molecular flexibility index (Phi) is 6.29. The van der Waals surface area contributed by atoms with Crippen LogP contribution >= 0.6 is 0 Å². The Labute approximate surface area is 143 Å². The molecule has 1 aliphatic heterocycles. The summed E-state index contributed by atoms with van der Waals surface area (Å²) in [5.74, 6) is -0.528. The molecule has 0 aromatic carbocycles. The van der Waals surface area contributed by atoms with Crippen molar-refractivity contribution in [1.82, 2.24) is 5.32 Å².